The van der Waals surface area contributed by atoms with Gasteiger partial charge in [0.25, 0.3) is 0 Å². The fourth-order valence-corrected chi connectivity index (χ4v) is 6.03. The van der Waals surface area contributed by atoms with E-state index >= 15 is 0 Å². The third-order valence-corrected chi connectivity index (χ3v) is 8.05. The first kappa shape index (κ1) is 16.9. The number of pyridine rings is 1. The van der Waals surface area contributed by atoms with Gasteiger partial charge in [-0.1, -0.05) is 0 Å². The second kappa shape index (κ2) is 6.34. The number of aromatic nitrogens is 2. The Morgan fingerprint density at radius 1 is 1.25 bits per heavy atom. The van der Waals surface area contributed by atoms with E-state index in [1.807, 2.05) is 28.7 Å². The molecule has 0 aromatic carbocycles. The number of nitrogens with one attached hydrogen (secondary N) is 2. The molecule has 2 aromatic rings. The standard InChI is InChI=1S/C15H16F3IN4Se/c16-15(17,18)24-13-11-2-1-3-12(23(11)22-14(13)19)21-10-7-5-8-4-6-9(10)20-8/h1-3,8-10,20-21H,4-7H2/t8-,9+,10+/m0/s1. The van der Waals surface area contributed by atoms with E-state index in [0.717, 1.165) is 25.1 Å². The molecular formula is C15H16F3IN4Se. The quantitative estimate of drug-likeness (QED) is 0.488. The molecule has 4 heterocycles. The van der Waals surface area contributed by atoms with Crippen molar-refractivity contribution in [3.05, 3.63) is 21.9 Å². The van der Waals surface area contributed by atoms with Crippen molar-refractivity contribution in [3.8, 4) is 0 Å². The van der Waals surface area contributed by atoms with E-state index < -0.39 is 20.0 Å². The Kier molecular flexibility index (Phi) is 4.47. The first-order valence-electron chi connectivity index (χ1n) is 7.86. The topological polar surface area (TPSA) is 41.4 Å². The van der Waals surface area contributed by atoms with Crippen LogP contribution in [0.2, 0.25) is 0 Å². The molecule has 0 amide bonds. The molecule has 130 valence electrons. The van der Waals surface area contributed by atoms with Crippen LogP contribution in [0.1, 0.15) is 25.7 Å². The number of piperidine rings is 1. The van der Waals surface area contributed by atoms with Gasteiger partial charge in [-0.2, -0.15) is 0 Å². The average Bonchev–Trinajstić information content (AvgIpc) is 3.04. The number of anilines is 1. The van der Waals surface area contributed by atoms with Crippen LogP contribution < -0.4 is 15.1 Å². The number of hydrogen-bond acceptors (Lipinski definition) is 3. The molecule has 4 nitrogen and oxygen atoms in total. The molecule has 0 saturated carbocycles. The zero-order chi connectivity index (χ0) is 16.9. The SMILES string of the molecule is FC(F)(F)[Se]c1c(I)nn2c(N[C@@H]3CC[C@@H]4CC[C@H]3N4)cccc12. The van der Waals surface area contributed by atoms with Gasteiger partial charge in [-0.15, -0.1) is 0 Å². The summed E-state index contributed by atoms with van der Waals surface area (Å²) in [7, 11) is 0. The average molecular weight is 515 g/mol. The molecule has 2 fully saturated rings. The van der Waals surface area contributed by atoms with E-state index in [1.54, 1.807) is 16.6 Å². The third kappa shape index (κ3) is 3.27. The predicted octanol–water partition coefficient (Wildman–Crippen LogP) is 2.48. The van der Waals surface area contributed by atoms with Gasteiger partial charge in [-0.3, -0.25) is 0 Å². The van der Waals surface area contributed by atoms with E-state index in [-0.39, 0.29) is 0 Å². The van der Waals surface area contributed by atoms with Crippen molar-refractivity contribution in [3.63, 3.8) is 0 Å². The number of nitrogens with zero attached hydrogens (tertiary/aromatic N) is 2. The van der Waals surface area contributed by atoms with Gasteiger partial charge in [-0.05, 0) is 0 Å². The van der Waals surface area contributed by atoms with Crippen molar-refractivity contribution in [1.29, 1.82) is 0 Å². The second-order valence-corrected chi connectivity index (χ2v) is 9.53. The number of alkyl halides is 3. The molecule has 0 spiro atoms. The summed E-state index contributed by atoms with van der Waals surface area (Å²) in [6.07, 6.45) is 4.59. The van der Waals surface area contributed by atoms with Crippen molar-refractivity contribution in [2.24, 2.45) is 0 Å². The summed E-state index contributed by atoms with van der Waals surface area (Å²) < 4.78 is 41.0. The fourth-order valence-electron chi connectivity index (χ4n) is 3.68. The van der Waals surface area contributed by atoms with Crippen molar-refractivity contribution in [1.82, 2.24) is 14.9 Å². The van der Waals surface area contributed by atoms with Crippen LogP contribution >= 0.6 is 22.6 Å². The van der Waals surface area contributed by atoms with Gasteiger partial charge in [0, 0.05) is 0 Å². The molecule has 3 atom stereocenters. The molecule has 9 heteroatoms. The Hall–Kier alpha value is -0.511. The summed E-state index contributed by atoms with van der Waals surface area (Å²) in [4.78, 5) is 0. The van der Waals surface area contributed by atoms with E-state index in [0.29, 0.717) is 31.8 Å². The van der Waals surface area contributed by atoms with E-state index in [4.69, 9.17) is 0 Å². The molecule has 2 aromatic heterocycles. The minimum absolute atomic E-state index is 0.299. The van der Waals surface area contributed by atoms with Gasteiger partial charge in [0.05, 0.1) is 0 Å². The number of rotatable bonds is 3. The summed E-state index contributed by atoms with van der Waals surface area (Å²) in [5.41, 5.74) is 0.551. The van der Waals surface area contributed by atoms with Crippen LogP contribution in [0.25, 0.3) is 5.52 Å². The third-order valence-electron chi connectivity index (χ3n) is 4.71. The fraction of sp³-hybridized carbons (Fsp3) is 0.533. The van der Waals surface area contributed by atoms with E-state index in [9.17, 15) is 13.2 Å². The van der Waals surface area contributed by atoms with Gasteiger partial charge in [-0.25, -0.2) is 0 Å². The molecule has 2 aliphatic heterocycles. The van der Waals surface area contributed by atoms with Crippen molar-refractivity contribution >= 4 is 53.3 Å². The van der Waals surface area contributed by atoms with Crippen LogP contribution in [-0.4, -0.2) is 47.8 Å². The maximum absolute atomic E-state index is 12.9. The predicted molar refractivity (Wildman–Crippen MR) is 95.9 cm³/mol. The molecule has 0 unspecified atom stereocenters. The van der Waals surface area contributed by atoms with Crippen LogP contribution in [0.15, 0.2) is 18.2 Å². The first-order valence-corrected chi connectivity index (χ1v) is 10.7. The van der Waals surface area contributed by atoms with Gasteiger partial charge >= 0.3 is 158 Å². The Morgan fingerprint density at radius 2 is 2.04 bits per heavy atom. The Morgan fingerprint density at radius 3 is 2.83 bits per heavy atom. The van der Waals surface area contributed by atoms with Gasteiger partial charge < -0.3 is 0 Å². The Balaban J connectivity index is 1.65. The molecule has 2 saturated heterocycles. The van der Waals surface area contributed by atoms with Crippen LogP contribution in [0.3, 0.4) is 0 Å². The van der Waals surface area contributed by atoms with Crippen LogP contribution in [-0.2, 0) is 0 Å². The molecular weight excluding hydrogens is 499 g/mol. The molecule has 2 N–H and O–H groups in total. The van der Waals surface area contributed by atoms with Gasteiger partial charge in [0.2, 0.25) is 0 Å². The molecule has 4 rings (SSSR count). The number of fused-ring (bicyclic) bond motifs is 3. The molecule has 0 radical (unpaired) electrons. The van der Waals surface area contributed by atoms with Gasteiger partial charge in [0.15, 0.2) is 0 Å². The normalized spacial score (nSPS) is 26.9. The van der Waals surface area contributed by atoms with Crippen molar-refractivity contribution in [2.75, 3.05) is 5.32 Å². The molecule has 2 aliphatic rings. The van der Waals surface area contributed by atoms with Crippen molar-refractivity contribution in [2.45, 2.75) is 48.9 Å². The number of hydrogen-bond donors (Lipinski definition) is 2. The molecule has 0 aliphatic carbocycles. The zero-order valence-corrected chi connectivity index (χ0v) is 16.5. The Labute approximate surface area is 157 Å². The molecule has 24 heavy (non-hydrogen) atoms. The van der Waals surface area contributed by atoms with Crippen molar-refractivity contribution < 1.29 is 13.2 Å². The molecule has 2 bridgehead atoms. The summed E-state index contributed by atoms with van der Waals surface area (Å²) in [5, 5.41) is 7.32. The van der Waals surface area contributed by atoms with E-state index in [2.05, 4.69) is 15.7 Å². The number of halogens is 4. The van der Waals surface area contributed by atoms with Crippen LogP contribution in [0.5, 0.6) is 0 Å². The zero-order valence-electron chi connectivity index (χ0n) is 12.6. The summed E-state index contributed by atoms with van der Waals surface area (Å²) in [6, 6.07) is 6.78. The van der Waals surface area contributed by atoms with Gasteiger partial charge in [0.1, 0.15) is 0 Å². The van der Waals surface area contributed by atoms with Crippen LogP contribution in [0, 0.1) is 3.70 Å². The second-order valence-electron chi connectivity index (χ2n) is 6.25. The maximum atomic E-state index is 12.9. The van der Waals surface area contributed by atoms with E-state index in [1.165, 1.54) is 6.42 Å². The first-order chi connectivity index (χ1) is 11.4. The monoisotopic (exact) mass is 516 g/mol. The minimum atomic E-state index is -4.17. The van der Waals surface area contributed by atoms with Crippen LogP contribution in [0.4, 0.5) is 19.0 Å². The summed E-state index contributed by atoms with van der Waals surface area (Å²) in [5.74, 6) is 0.770. The Bertz CT molecular complexity index is 763. The summed E-state index contributed by atoms with van der Waals surface area (Å²) in [6.45, 7) is 0. The summed E-state index contributed by atoms with van der Waals surface area (Å²) >= 11 is 0.314.